The Labute approximate surface area is 187 Å². The number of alkyl halides is 3. The van der Waals surface area contributed by atoms with Crippen LogP contribution in [0.25, 0.3) is 10.9 Å². The van der Waals surface area contributed by atoms with Crippen molar-refractivity contribution >= 4 is 22.6 Å². The van der Waals surface area contributed by atoms with E-state index in [2.05, 4.69) is 4.98 Å². The van der Waals surface area contributed by atoms with Crippen LogP contribution < -0.4 is 10.5 Å². The van der Waals surface area contributed by atoms with Gasteiger partial charge in [0.15, 0.2) is 0 Å². The van der Waals surface area contributed by atoms with Crippen LogP contribution in [0.5, 0.6) is 5.75 Å². The van der Waals surface area contributed by atoms with Crippen molar-refractivity contribution in [2.24, 2.45) is 0 Å². The predicted octanol–water partition coefficient (Wildman–Crippen LogP) is 4.60. The van der Waals surface area contributed by atoms with Gasteiger partial charge in [-0.2, -0.15) is 13.2 Å². The molecule has 3 aromatic rings. The molecule has 0 unspecified atom stereocenters. The summed E-state index contributed by atoms with van der Waals surface area (Å²) in [6, 6.07) is 8.40. The van der Waals surface area contributed by atoms with Crippen molar-refractivity contribution in [3.05, 3.63) is 64.2 Å². The van der Waals surface area contributed by atoms with Crippen molar-refractivity contribution in [3.63, 3.8) is 0 Å². The normalized spacial score (nSPS) is 19.3. The van der Waals surface area contributed by atoms with Gasteiger partial charge in [-0.3, -0.25) is 4.79 Å². The molecule has 3 heterocycles. The van der Waals surface area contributed by atoms with Gasteiger partial charge in [-0.25, -0.2) is 4.98 Å². The summed E-state index contributed by atoms with van der Waals surface area (Å²) < 4.78 is 50.5. The molecule has 170 valence electrons. The third-order valence-electron chi connectivity index (χ3n) is 6.58. The fraction of sp³-hybridized carbons (Fsp3) is 0.333. The zero-order chi connectivity index (χ0) is 22.9. The number of nitrogen functional groups attached to an aromatic ring is 1. The third-order valence-corrected chi connectivity index (χ3v) is 6.58. The Morgan fingerprint density at radius 3 is 2.64 bits per heavy atom. The zero-order valence-electron chi connectivity index (χ0n) is 17.5. The van der Waals surface area contributed by atoms with Crippen molar-refractivity contribution in [2.45, 2.75) is 44.3 Å². The fourth-order valence-electron chi connectivity index (χ4n) is 4.77. The topological polar surface area (TPSA) is 77.7 Å². The second kappa shape index (κ2) is 7.08. The van der Waals surface area contributed by atoms with Crippen molar-refractivity contribution in [3.8, 4) is 5.75 Å². The quantitative estimate of drug-likeness (QED) is 0.625. The number of hydrogen-bond acceptors (Lipinski definition) is 5. The molecule has 6 nitrogen and oxygen atoms in total. The van der Waals surface area contributed by atoms with Crippen LogP contribution in [0.3, 0.4) is 0 Å². The van der Waals surface area contributed by atoms with Crippen LogP contribution in [0.2, 0.25) is 0 Å². The Morgan fingerprint density at radius 2 is 1.88 bits per heavy atom. The molecule has 1 saturated carbocycles. The van der Waals surface area contributed by atoms with Crippen LogP contribution in [-0.2, 0) is 24.1 Å². The number of nitrogens with two attached hydrogens (primary N) is 1. The molecule has 1 amide bonds. The highest BCUT2D eigenvalue weighted by Gasteiger charge is 2.43. The molecule has 9 heteroatoms. The first kappa shape index (κ1) is 20.3. The van der Waals surface area contributed by atoms with Crippen LogP contribution in [0.4, 0.5) is 19.0 Å². The van der Waals surface area contributed by atoms with Crippen LogP contribution in [0.1, 0.15) is 51.5 Å². The smallest absolute Gasteiger partial charge is 0.416 e. The number of rotatable bonds is 3. The molecule has 1 aromatic heterocycles. The first-order chi connectivity index (χ1) is 15.8. The highest BCUT2D eigenvalue weighted by atomic mass is 19.4. The third kappa shape index (κ3) is 3.30. The largest absolute Gasteiger partial charge is 0.491 e. The van der Waals surface area contributed by atoms with E-state index in [1.807, 2.05) is 6.07 Å². The molecule has 0 saturated heterocycles. The summed E-state index contributed by atoms with van der Waals surface area (Å²) in [6.07, 6.45) is -2.74. The Morgan fingerprint density at radius 1 is 1.09 bits per heavy atom. The van der Waals surface area contributed by atoms with Crippen molar-refractivity contribution in [1.29, 1.82) is 0 Å². The van der Waals surface area contributed by atoms with Crippen LogP contribution in [-0.4, -0.2) is 28.4 Å². The molecule has 6 rings (SSSR count). The number of nitrogens with zero attached hydrogens (tertiary/aromatic N) is 2. The van der Waals surface area contributed by atoms with Gasteiger partial charge in [0, 0.05) is 28.1 Å². The predicted molar refractivity (Wildman–Crippen MR) is 114 cm³/mol. The molecule has 33 heavy (non-hydrogen) atoms. The lowest BCUT2D eigenvalue weighted by Gasteiger charge is -2.28. The second-order valence-corrected chi connectivity index (χ2v) is 8.70. The standard InChI is InChI=1S/C24H20F3N3O3/c25-24(26,27)13-2-5-15-20(11-33-21(15)8-13)30(14-3-4-14)23(31)12-1-6-19-16(7-12)17-9-32-10-18(17)22(28)29-19/h1-2,5-8,14,20H,3-4,9-11H2,(H2,28,29)/t20-/m0/s1. The molecule has 2 aliphatic heterocycles. The number of benzene rings is 2. The van der Waals surface area contributed by atoms with Crippen LogP contribution in [0, 0.1) is 0 Å². The Bertz CT molecular complexity index is 1300. The molecule has 3 aliphatic rings. The van der Waals surface area contributed by atoms with Crippen molar-refractivity contribution < 1.29 is 27.4 Å². The number of amides is 1. The molecule has 1 aliphatic carbocycles. The maximum Gasteiger partial charge on any atom is 0.416 e. The molecular formula is C24H20F3N3O3. The number of halogens is 3. The van der Waals surface area contributed by atoms with E-state index >= 15 is 0 Å². The zero-order valence-corrected chi connectivity index (χ0v) is 17.5. The first-order valence-electron chi connectivity index (χ1n) is 10.8. The van der Waals surface area contributed by atoms with E-state index in [4.69, 9.17) is 15.2 Å². The summed E-state index contributed by atoms with van der Waals surface area (Å²) in [5, 5.41) is 0.830. The molecule has 0 radical (unpaired) electrons. The van der Waals surface area contributed by atoms with Gasteiger partial charge in [-0.05, 0) is 48.7 Å². The average Bonchev–Trinajstić information content (AvgIpc) is 3.32. The molecule has 1 fully saturated rings. The number of pyridine rings is 1. The number of carbonyl (C=O) groups is 1. The molecule has 2 N–H and O–H groups in total. The van der Waals surface area contributed by atoms with E-state index in [1.54, 1.807) is 17.0 Å². The number of hydrogen-bond donors (Lipinski definition) is 1. The van der Waals surface area contributed by atoms with Gasteiger partial charge in [0.25, 0.3) is 5.91 Å². The van der Waals surface area contributed by atoms with Gasteiger partial charge in [0.05, 0.1) is 30.3 Å². The average molecular weight is 455 g/mol. The van der Waals surface area contributed by atoms with E-state index in [1.165, 1.54) is 6.07 Å². The van der Waals surface area contributed by atoms with E-state index < -0.39 is 17.8 Å². The summed E-state index contributed by atoms with van der Waals surface area (Å²) in [5.41, 5.74) is 8.88. The lowest BCUT2D eigenvalue weighted by molar-refractivity contribution is -0.137. The molecule has 1 atom stereocenters. The summed E-state index contributed by atoms with van der Waals surface area (Å²) in [6.45, 7) is 0.939. The molecule has 2 aromatic carbocycles. The minimum absolute atomic E-state index is 0.0358. The molecular weight excluding hydrogens is 435 g/mol. The van der Waals surface area contributed by atoms with Crippen molar-refractivity contribution in [2.75, 3.05) is 12.3 Å². The van der Waals surface area contributed by atoms with Gasteiger partial charge in [0.2, 0.25) is 0 Å². The fourth-order valence-corrected chi connectivity index (χ4v) is 4.77. The summed E-state index contributed by atoms with van der Waals surface area (Å²) in [4.78, 5) is 19.9. The monoisotopic (exact) mass is 455 g/mol. The highest BCUT2D eigenvalue weighted by molar-refractivity contribution is 5.99. The van der Waals surface area contributed by atoms with E-state index in [9.17, 15) is 18.0 Å². The van der Waals surface area contributed by atoms with Crippen LogP contribution in [0.15, 0.2) is 36.4 Å². The van der Waals surface area contributed by atoms with Crippen molar-refractivity contribution in [1.82, 2.24) is 9.88 Å². The molecule has 0 spiro atoms. The van der Waals surface area contributed by atoms with Gasteiger partial charge in [-0.1, -0.05) is 6.07 Å². The van der Waals surface area contributed by atoms with Gasteiger partial charge < -0.3 is 20.1 Å². The van der Waals surface area contributed by atoms with E-state index in [0.29, 0.717) is 35.7 Å². The minimum Gasteiger partial charge on any atom is -0.491 e. The number of fused-ring (bicyclic) bond motifs is 4. The first-order valence-corrected chi connectivity index (χ1v) is 10.8. The number of carbonyl (C=O) groups excluding carboxylic acids is 1. The lowest BCUT2D eigenvalue weighted by Crippen LogP contribution is -2.37. The van der Waals surface area contributed by atoms with Crippen LogP contribution >= 0.6 is 0 Å². The SMILES string of the molecule is Nc1nc2ccc(C(=O)N(C3CC3)[C@H]3COc4cc(C(F)(F)F)ccc43)cc2c2c1COC2. The Balaban J connectivity index is 1.37. The maximum absolute atomic E-state index is 13.7. The highest BCUT2D eigenvalue weighted by Crippen LogP contribution is 2.44. The van der Waals surface area contributed by atoms with E-state index in [-0.39, 0.29) is 24.3 Å². The van der Waals surface area contributed by atoms with Gasteiger partial charge >= 0.3 is 6.18 Å². The minimum atomic E-state index is -4.45. The van der Waals surface area contributed by atoms with Gasteiger partial charge in [0.1, 0.15) is 18.2 Å². The Hall–Kier alpha value is -3.33. The number of anilines is 1. The Kier molecular flexibility index (Phi) is 4.35. The van der Waals surface area contributed by atoms with Gasteiger partial charge in [-0.15, -0.1) is 0 Å². The maximum atomic E-state index is 13.7. The summed E-state index contributed by atoms with van der Waals surface area (Å²) >= 11 is 0. The number of ether oxygens (including phenoxy) is 2. The number of aromatic nitrogens is 1. The lowest BCUT2D eigenvalue weighted by atomic mass is 10.0. The summed E-state index contributed by atoms with van der Waals surface area (Å²) in [5.74, 6) is 0.443. The van der Waals surface area contributed by atoms with E-state index in [0.717, 1.165) is 41.5 Å². The summed E-state index contributed by atoms with van der Waals surface area (Å²) in [7, 11) is 0. The molecule has 0 bridgehead atoms. The second-order valence-electron chi connectivity index (χ2n) is 8.70.